The fourth-order valence-corrected chi connectivity index (χ4v) is 3.72. The van der Waals surface area contributed by atoms with Gasteiger partial charge in [0.1, 0.15) is 0 Å². The topological polar surface area (TPSA) is 55.1 Å². The van der Waals surface area contributed by atoms with Crippen LogP contribution in [0.4, 0.5) is 0 Å². The maximum Gasteiger partial charge on any atom is 0.233 e. The van der Waals surface area contributed by atoms with Gasteiger partial charge in [-0.05, 0) is 25.2 Å². The SMILES string of the molecule is CCCC(CCC)(C(=O)NCCC1CCCC1)C(N)=S. The summed E-state index contributed by atoms with van der Waals surface area (Å²) in [7, 11) is 0. The molecule has 0 spiro atoms. The van der Waals surface area contributed by atoms with Crippen LogP contribution >= 0.6 is 12.2 Å². The molecule has 0 aromatic carbocycles. The van der Waals surface area contributed by atoms with Gasteiger partial charge in [-0.15, -0.1) is 0 Å². The average Bonchev–Trinajstić information content (AvgIpc) is 2.91. The molecule has 0 radical (unpaired) electrons. The zero-order valence-corrected chi connectivity index (χ0v) is 13.9. The molecule has 0 bridgehead atoms. The minimum Gasteiger partial charge on any atom is -0.392 e. The van der Waals surface area contributed by atoms with Gasteiger partial charge in [-0.2, -0.15) is 0 Å². The molecule has 0 aliphatic heterocycles. The highest BCUT2D eigenvalue weighted by atomic mass is 32.1. The summed E-state index contributed by atoms with van der Waals surface area (Å²) < 4.78 is 0. The second-order valence-electron chi connectivity index (χ2n) is 6.14. The van der Waals surface area contributed by atoms with Crippen molar-refractivity contribution in [2.24, 2.45) is 17.1 Å². The van der Waals surface area contributed by atoms with E-state index in [1.807, 2.05) is 0 Å². The highest BCUT2D eigenvalue weighted by Crippen LogP contribution is 2.31. The number of rotatable bonds is 9. The van der Waals surface area contributed by atoms with Crippen LogP contribution in [0, 0.1) is 11.3 Å². The zero-order valence-electron chi connectivity index (χ0n) is 13.0. The van der Waals surface area contributed by atoms with Crippen LogP contribution in [-0.4, -0.2) is 17.4 Å². The predicted octanol–water partition coefficient (Wildman–Crippen LogP) is 3.56. The zero-order chi connectivity index (χ0) is 15.0. The van der Waals surface area contributed by atoms with Gasteiger partial charge in [0.15, 0.2) is 0 Å². The van der Waals surface area contributed by atoms with E-state index < -0.39 is 5.41 Å². The van der Waals surface area contributed by atoms with E-state index in [9.17, 15) is 4.79 Å². The van der Waals surface area contributed by atoms with E-state index in [4.69, 9.17) is 18.0 Å². The fraction of sp³-hybridized carbons (Fsp3) is 0.875. The lowest BCUT2D eigenvalue weighted by Crippen LogP contribution is -2.49. The van der Waals surface area contributed by atoms with Gasteiger partial charge < -0.3 is 11.1 Å². The molecule has 3 nitrogen and oxygen atoms in total. The molecule has 0 unspecified atom stereocenters. The summed E-state index contributed by atoms with van der Waals surface area (Å²) in [5.74, 6) is 0.846. The van der Waals surface area contributed by atoms with E-state index in [2.05, 4.69) is 19.2 Å². The molecular weight excluding hydrogens is 268 g/mol. The number of nitrogens with two attached hydrogens (primary N) is 1. The Bertz CT molecular complexity index is 318. The highest BCUT2D eigenvalue weighted by Gasteiger charge is 2.39. The molecular formula is C16H30N2OS. The van der Waals surface area contributed by atoms with E-state index in [1.54, 1.807) is 0 Å². The van der Waals surface area contributed by atoms with E-state index in [-0.39, 0.29) is 5.91 Å². The van der Waals surface area contributed by atoms with Gasteiger partial charge in [0.05, 0.1) is 10.4 Å². The van der Waals surface area contributed by atoms with Gasteiger partial charge in [-0.3, -0.25) is 4.79 Å². The van der Waals surface area contributed by atoms with Crippen molar-refractivity contribution in [2.45, 2.75) is 71.6 Å². The first-order valence-electron chi connectivity index (χ1n) is 8.15. The van der Waals surface area contributed by atoms with E-state index >= 15 is 0 Å². The maximum absolute atomic E-state index is 12.6. The van der Waals surface area contributed by atoms with Gasteiger partial charge in [0.2, 0.25) is 5.91 Å². The molecule has 0 saturated heterocycles. The number of thiocarbonyl (C=S) groups is 1. The third kappa shape index (κ3) is 4.44. The standard InChI is InChI=1S/C16H30N2OS/c1-3-10-16(11-4-2,14(17)20)15(19)18-12-9-13-7-5-6-8-13/h13H,3-12H2,1-2H3,(H2,17,20)(H,18,19). The molecule has 1 aliphatic rings. The smallest absolute Gasteiger partial charge is 0.233 e. The first kappa shape index (κ1) is 17.4. The van der Waals surface area contributed by atoms with Gasteiger partial charge in [0.25, 0.3) is 0 Å². The summed E-state index contributed by atoms with van der Waals surface area (Å²) >= 11 is 5.21. The number of carbonyl (C=O) groups excluding carboxylic acids is 1. The van der Waals surface area contributed by atoms with Crippen LogP contribution in [0.3, 0.4) is 0 Å². The van der Waals surface area contributed by atoms with Crippen LogP contribution in [0.1, 0.15) is 71.6 Å². The molecule has 0 aromatic heterocycles. The quantitative estimate of drug-likeness (QED) is 0.640. The maximum atomic E-state index is 12.6. The lowest BCUT2D eigenvalue weighted by molar-refractivity contribution is -0.128. The second kappa shape index (κ2) is 8.60. The molecule has 1 rings (SSSR count). The third-order valence-electron chi connectivity index (χ3n) is 4.57. The lowest BCUT2D eigenvalue weighted by atomic mass is 9.78. The minimum atomic E-state index is -0.630. The molecule has 3 N–H and O–H groups in total. The summed E-state index contributed by atoms with van der Waals surface area (Å²) in [6.07, 6.45) is 9.79. The summed E-state index contributed by atoms with van der Waals surface area (Å²) in [6, 6.07) is 0. The Labute approximate surface area is 129 Å². The minimum absolute atomic E-state index is 0.0479. The molecule has 0 atom stereocenters. The molecule has 1 aliphatic carbocycles. The molecule has 1 fully saturated rings. The van der Waals surface area contributed by atoms with Crippen molar-refractivity contribution in [2.75, 3.05) is 6.54 Å². The summed E-state index contributed by atoms with van der Waals surface area (Å²) in [5, 5.41) is 3.10. The molecule has 1 saturated carbocycles. The molecule has 4 heteroatoms. The van der Waals surface area contributed by atoms with Crippen molar-refractivity contribution in [3.8, 4) is 0 Å². The van der Waals surface area contributed by atoms with Crippen LogP contribution in [0.2, 0.25) is 0 Å². The Morgan fingerprint density at radius 2 is 1.80 bits per heavy atom. The van der Waals surface area contributed by atoms with Gasteiger partial charge >= 0.3 is 0 Å². The number of hydrogen-bond acceptors (Lipinski definition) is 2. The van der Waals surface area contributed by atoms with Crippen LogP contribution in [0.15, 0.2) is 0 Å². The number of hydrogen-bond donors (Lipinski definition) is 2. The van der Waals surface area contributed by atoms with Crippen molar-refractivity contribution in [3.05, 3.63) is 0 Å². The van der Waals surface area contributed by atoms with Gasteiger partial charge in [-0.1, -0.05) is 64.6 Å². The van der Waals surface area contributed by atoms with E-state index in [0.29, 0.717) is 4.99 Å². The Hall–Kier alpha value is -0.640. The molecule has 20 heavy (non-hydrogen) atoms. The number of nitrogens with one attached hydrogen (secondary N) is 1. The van der Waals surface area contributed by atoms with Gasteiger partial charge in [-0.25, -0.2) is 0 Å². The number of amides is 1. The summed E-state index contributed by atoms with van der Waals surface area (Å²) in [4.78, 5) is 12.9. The monoisotopic (exact) mass is 298 g/mol. The Balaban J connectivity index is 2.55. The second-order valence-corrected chi connectivity index (χ2v) is 6.58. The largest absolute Gasteiger partial charge is 0.392 e. The Morgan fingerprint density at radius 3 is 2.25 bits per heavy atom. The Morgan fingerprint density at radius 1 is 1.25 bits per heavy atom. The Kier molecular flexibility index (Phi) is 7.49. The predicted molar refractivity (Wildman–Crippen MR) is 88.6 cm³/mol. The van der Waals surface area contributed by atoms with Gasteiger partial charge in [0, 0.05) is 6.54 Å². The van der Waals surface area contributed by atoms with E-state index in [0.717, 1.165) is 44.6 Å². The van der Waals surface area contributed by atoms with Crippen molar-refractivity contribution < 1.29 is 4.79 Å². The lowest BCUT2D eigenvalue weighted by Gasteiger charge is -2.31. The van der Waals surface area contributed by atoms with Crippen molar-refractivity contribution >= 4 is 23.1 Å². The molecule has 0 aromatic rings. The summed E-state index contributed by atoms with van der Waals surface area (Å²) in [5.41, 5.74) is 5.28. The van der Waals surface area contributed by atoms with Crippen molar-refractivity contribution in [3.63, 3.8) is 0 Å². The molecule has 0 heterocycles. The highest BCUT2D eigenvalue weighted by molar-refractivity contribution is 7.80. The average molecular weight is 298 g/mol. The van der Waals surface area contributed by atoms with Crippen molar-refractivity contribution in [1.82, 2.24) is 5.32 Å². The first-order valence-corrected chi connectivity index (χ1v) is 8.55. The third-order valence-corrected chi connectivity index (χ3v) is 4.96. The van der Waals surface area contributed by atoms with E-state index in [1.165, 1.54) is 25.7 Å². The van der Waals surface area contributed by atoms with Crippen molar-refractivity contribution in [1.29, 1.82) is 0 Å². The van der Waals surface area contributed by atoms with Crippen LogP contribution in [0.5, 0.6) is 0 Å². The van der Waals surface area contributed by atoms with Crippen LogP contribution in [-0.2, 0) is 4.79 Å². The first-order chi connectivity index (χ1) is 9.56. The fourth-order valence-electron chi connectivity index (χ4n) is 3.42. The number of carbonyl (C=O) groups is 1. The molecule has 116 valence electrons. The van der Waals surface area contributed by atoms with Crippen LogP contribution < -0.4 is 11.1 Å². The normalized spacial score (nSPS) is 16.3. The molecule has 1 amide bonds. The van der Waals surface area contributed by atoms with Crippen LogP contribution in [0.25, 0.3) is 0 Å². The summed E-state index contributed by atoms with van der Waals surface area (Å²) in [6.45, 7) is 4.92.